The summed E-state index contributed by atoms with van der Waals surface area (Å²) in [6, 6.07) is 20.4. The summed E-state index contributed by atoms with van der Waals surface area (Å²) in [5.74, 6) is 0.0891. The molecular formula is C23H30N4O. The Hall–Kier alpha value is -2.63. The highest BCUT2D eigenvalue weighted by Crippen LogP contribution is 2.05. The van der Waals surface area contributed by atoms with Gasteiger partial charge in [0.05, 0.1) is 6.54 Å². The Morgan fingerprint density at radius 1 is 0.750 bits per heavy atom. The van der Waals surface area contributed by atoms with Gasteiger partial charge in [-0.25, -0.2) is 0 Å². The van der Waals surface area contributed by atoms with Crippen LogP contribution in [0.1, 0.15) is 11.1 Å². The lowest BCUT2D eigenvalue weighted by Gasteiger charge is -2.34. The largest absolute Gasteiger partial charge is 0.384 e. The number of nitrogens with one attached hydrogen (secondary N) is 2. The molecular weight excluding hydrogens is 348 g/mol. The molecule has 1 saturated heterocycles. The first-order valence-corrected chi connectivity index (χ1v) is 9.90. The summed E-state index contributed by atoms with van der Waals surface area (Å²) in [7, 11) is 0. The van der Waals surface area contributed by atoms with E-state index < -0.39 is 0 Å². The molecule has 2 N–H and O–H groups in total. The van der Waals surface area contributed by atoms with E-state index in [1.165, 1.54) is 5.56 Å². The van der Waals surface area contributed by atoms with Crippen molar-refractivity contribution in [2.75, 3.05) is 39.3 Å². The fraction of sp³-hybridized carbons (Fsp3) is 0.348. The molecule has 1 heterocycles. The predicted molar refractivity (Wildman–Crippen MR) is 114 cm³/mol. The van der Waals surface area contributed by atoms with Gasteiger partial charge in [-0.2, -0.15) is 0 Å². The Morgan fingerprint density at radius 3 is 1.75 bits per heavy atom. The van der Waals surface area contributed by atoms with Crippen LogP contribution in [0.25, 0.3) is 0 Å². The quantitative estimate of drug-likeness (QED) is 0.703. The minimum Gasteiger partial charge on any atom is -0.384 e. The molecule has 0 unspecified atom stereocenters. The Labute approximate surface area is 168 Å². The van der Waals surface area contributed by atoms with Gasteiger partial charge in [0.25, 0.3) is 0 Å². The molecule has 1 aliphatic rings. The van der Waals surface area contributed by atoms with Crippen LogP contribution in [0.5, 0.6) is 0 Å². The Bertz CT molecular complexity index is 674. The van der Waals surface area contributed by atoms with Gasteiger partial charge in [-0.15, -0.1) is 0 Å². The molecule has 0 atom stereocenters. The van der Waals surface area contributed by atoms with E-state index in [0.29, 0.717) is 13.1 Å². The predicted octanol–water partition coefficient (Wildman–Crippen LogP) is 2.22. The number of piperazine rings is 1. The summed E-state index contributed by atoms with van der Waals surface area (Å²) in [5.41, 5.74) is 3.43. The van der Waals surface area contributed by atoms with Crippen molar-refractivity contribution in [1.82, 2.24) is 20.4 Å². The monoisotopic (exact) mass is 378 g/mol. The molecule has 1 amide bonds. The molecule has 2 aromatic rings. The summed E-state index contributed by atoms with van der Waals surface area (Å²) in [6.07, 6.45) is 0. The Kier molecular flexibility index (Phi) is 7.64. The van der Waals surface area contributed by atoms with Crippen LogP contribution in [0.2, 0.25) is 0 Å². The van der Waals surface area contributed by atoms with E-state index in [0.717, 1.165) is 50.5 Å². The summed E-state index contributed by atoms with van der Waals surface area (Å²) in [6.45, 7) is 10.6. The van der Waals surface area contributed by atoms with Gasteiger partial charge in [-0.05, 0) is 11.1 Å². The maximum absolute atomic E-state index is 12.2. The molecule has 0 aliphatic carbocycles. The lowest BCUT2D eigenvalue weighted by Crippen LogP contribution is -2.50. The third kappa shape index (κ3) is 6.83. The number of nitrogens with zero attached hydrogens (tertiary/aromatic N) is 2. The Balaban J connectivity index is 1.30. The molecule has 3 rings (SSSR count). The van der Waals surface area contributed by atoms with E-state index in [1.54, 1.807) is 0 Å². The van der Waals surface area contributed by atoms with Gasteiger partial charge >= 0.3 is 0 Å². The SMILES string of the molecule is C=C(CN1CCN(CC(=O)NCc2ccccc2)CC1)NCc1ccccc1. The van der Waals surface area contributed by atoms with E-state index in [1.807, 2.05) is 36.4 Å². The van der Waals surface area contributed by atoms with Crippen LogP contribution in [0.3, 0.4) is 0 Å². The van der Waals surface area contributed by atoms with Crippen molar-refractivity contribution in [3.63, 3.8) is 0 Å². The van der Waals surface area contributed by atoms with Gasteiger partial charge in [0.15, 0.2) is 0 Å². The lowest BCUT2D eigenvalue weighted by molar-refractivity contribution is -0.122. The summed E-state index contributed by atoms with van der Waals surface area (Å²) >= 11 is 0. The highest BCUT2D eigenvalue weighted by Gasteiger charge is 2.19. The minimum absolute atomic E-state index is 0.0891. The van der Waals surface area contributed by atoms with Gasteiger partial charge in [-0.3, -0.25) is 14.6 Å². The molecule has 28 heavy (non-hydrogen) atoms. The highest BCUT2D eigenvalue weighted by atomic mass is 16.2. The van der Waals surface area contributed by atoms with Crippen molar-refractivity contribution in [2.24, 2.45) is 0 Å². The van der Waals surface area contributed by atoms with Crippen LogP contribution in [-0.4, -0.2) is 55.0 Å². The average Bonchev–Trinajstić information content (AvgIpc) is 2.74. The lowest BCUT2D eigenvalue weighted by atomic mass is 10.2. The second kappa shape index (κ2) is 10.6. The number of rotatable bonds is 9. The molecule has 5 nitrogen and oxygen atoms in total. The molecule has 148 valence electrons. The molecule has 0 radical (unpaired) electrons. The molecule has 0 aromatic heterocycles. The summed E-state index contributed by atoms with van der Waals surface area (Å²) in [5, 5.41) is 6.41. The van der Waals surface area contributed by atoms with E-state index in [4.69, 9.17) is 0 Å². The number of carbonyl (C=O) groups is 1. The number of carbonyl (C=O) groups excluding carboxylic acids is 1. The first kappa shape index (κ1) is 20.1. The second-order valence-corrected chi connectivity index (χ2v) is 7.26. The van der Waals surface area contributed by atoms with E-state index in [9.17, 15) is 4.79 Å². The zero-order valence-corrected chi connectivity index (χ0v) is 16.4. The number of amides is 1. The van der Waals surface area contributed by atoms with Crippen LogP contribution in [-0.2, 0) is 17.9 Å². The van der Waals surface area contributed by atoms with Crippen molar-refractivity contribution in [3.8, 4) is 0 Å². The minimum atomic E-state index is 0.0891. The van der Waals surface area contributed by atoms with Gasteiger partial charge in [0.1, 0.15) is 0 Å². The van der Waals surface area contributed by atoms with Crippen molar-refractivity contribution in [3.05, 3.63) is 84.1 Å². The first-order valence-electron chi connectivity index (χ1n) is 9.90. The fourth-order valence-electron chi connectivity index (χ4n) is 3.31. The van der Waals surface area contributed by atoms with Gasteiger partial charge < -0.3 is 10.6 Å². The third-order valence-corrected chi connectivity index (χ3v) is 4.96. The highest BCUT2D eigenvalue weighted by molar-refractivity contribution is 5.78. The molecule has 0 saturated carbocycles. The van der Waals surface area contributed by atoms with Crippen LogP contribution >= 0.6 is 0 Å². The molecule has 5 heteroatoms. The maximum atomic E-state index is 12.2. The zero-order chi connectivity index (χ0) is 19.6. The summed E-state index contributed by atoms with van der Waals surface area (Å²) in [4.78, 5) is 16.8. The fourth-order valence-corrected chi connectivity index (χ4v) is 3.31. The van der Waals surface area contributed by atoms with Crippen molar-refractivity contribution in [1.29, 1.82) is 0 Å². The average molecular weight is 379 g/mol. The van der Waals surface area contributed by atoms with Gasteiger partial charge in [0, 0.05) is 51.5 Å². The van der Waals surface area contributed by atoms with Crippen molar-refractivity contribution in [2.45, 2.75) is 13.1 Å². The molecule has 0 spiro atoms. The summed E-state index contributed by atoms with van der Waals surface area (Å²) < 4.78 is 0. The van der Waals surface area contributed by atoms with Gasteiger partial charge in [0.2, 0.25) is 5.91 Å². The van der Waals surface area contributed by atoms with E-state index >= 15 is 0 Å². The smallest absolute Gasteiger partial charge is 0.234 e. The molecule has 1 fully saturated rings. The number of benzene rings is 2. The molecule has 2 aromatic carbocycles. The van der Waals surface area contributed by atoms with Crippen LogP contribution in [0.4, 0.5) is 0 Å². The third-order valence-electron chi connectivity index (χ3n) is 4.96. The van der Waals surface area contributed by atoms with Crippen LogP contribution in [0.15, 0.2) is 72.9 Å². The topological polar surface area (TPSA) is 47.6 Å². The number of hydrogen-bond acceptors (Lipinski definition) is 4. The van der Waals surface area contributed by atoms with Crippen molar-refractivity contribution >= 4 is 5.91 Å². The van der Waals surface area contributed by atoms with Gasteiger partial charge in [-0.1, -0.05) is 67.2 Å². The molecule has 1 aliphatic heterocycles. The Morgan fingerprint density at radius 2 is 1.21 bits per heavy atom. The molecule has 0 bridgehead atoms. The first-order chi connectivity index (χ1) is 13.7. The normalized spacial score (nSPS) is 15.1. The van der Waals surface area contributed by atoms with Crippen molar-refractivity contribution < 1.29 is 4.79 Å². The number of hydrogen-bond donors (Lipinski definition) is 2. The van der Waals surface area contributed by atoms with Crippen LogP contribution in [0, 0.1) is 0 Å². The van der Waals surface area contributed by atoms with Crippen LogP contribution < -0.4 is 10.6 Å². The zero-order valence-electron chi connectivity index (χ0n) is 16.4. The second-order valence-electron chi connectivity index (χ2n) is 7.26. The van der Waals surface area contributed by atoms with E-state index in [2.05, 4.69) is 51.3 Å². The standard InChI is InChI=1S/C23H30N4O/c1-20(24-16-21-8-4-2-5-9-21)18-26-12-14-27(15-13-26)19-23(28)25-17-22-10-6-3-7-11-22/h2-11,24H,1,12-19H2,(H,25,28). The maximum Gasteiger partial charge on any atom is 0.234 e. The van der Waals surface area contributed by atoms with E-state index in [-0.39, 0.29) is 5.91 Å².